The van der Waals surface area contributed by atoms with E-state index in [2.05, 4.69) is 0 Å². The average Bonchev–Trinajstić information content (AvgIpc) is 2.54. The summed E-state index contributed by atoms with van der Waals surface area (Å²) in [6.07, 6.45) is 3.46. The van der Waals surface area contributed by atoms with Crippen LogP contribution in [-0.2, 0) is 11.2 Å². The lowest BCUT2D eigenvalue weighted by molar-refractivity contribution is -0.133. The molecule has 4 heteroatoms. The van der Waals surface area contributed by atoms with Crippen LogP contribution in [0.4, 0.5) is 0 Å². The Balaban J connectivity index is 1.90. The van der Waals surface area contributed by atoms with Crippen molar-refractivity contribution >= 4 is 5.91 Å². The van der Waals surface area contributed by atoms with Gasteiger partial charge in [0, 0.05) is 25.6 Å². The van der Waals surface area contributed by atoms with Crippen molar-refractivity contribution in [1.82, 2.24) is 4.90 Å². The van der Waals surface area contributed by atoms with E-state index in [1.165, 1.54) is 0 Å². The van der Waals surface area contributed by atoms with Crippen molar-refractivity contribution in [3.63, 3.8) is 0 Å². The highest BCUT2D eigenvalue weighted by Gasteiger charge is 2.25. The molecular formula is C18H28N2O2. The fourth-order valence-electron chi connectivity index (χ4n) is 3.07. The van der Waals surface area contributed by atoms with Crippen molar-refractivity contribution in [1.29, 1.82) is 0 Å². The number of nitrogens with two attached hydrogens (primary N) is 1. The first-order chi connectivity index (χ1) is 10.6. The van der Waals surface area contributed by atoms with Crippen LogP contribution in [0.15, 0.2) is 24.3 Å². The molecule has 1 aromatic carbocycles. The van der Waals surface area contributed by atoms with Crippen LogP contribution in [0.2, 0.25) is 0 Å². The van der Waals surface area contributed by atoms with Crippen molar-refractivity contribution < 1.29 is 9.53 Å². The number of amides is 1. The van der Waals surface area contributed by atoms with E-state index in [0.717, 1.165) is 43.7 Å². The number of rotatable bonds is 6. The smallest absolute Gasteiger partial charge is 0.222 e. The molecule has 1 saturated heterocycles. The highest BCUT2D eigenvalue weighted by Crippen LogP contribution is 2.22. The summed E-state index contributed by atoms with van der Waals surface area (Å²) in [7, 11) is 0. The molecule has 0 unspecified atom stereocenters. The molecule has 0 spiro atoms. The van der Waals surface area contributed by atoms with Gasteiger partial charge in [0.05, 0.1) is 6.61 Å². The van der Waals surface area contributed by atoms with E-state index < -0.39 is 0 Å². The first kappa shape index (κ1) is 16.8. The third-order valence-electron chi connectivity index (χ3n) is 4.43. The Labute approximate surface area is 133 Å². The zero-order valence-electron chi connectivity index (χ0n) is 13.8. The summed E-state index contributed by atoms with van der Waals surface area (Å²) in [6.45, 7) is 6.34. The molecule has 0 aromatic heterocycles. The first-order valence-electron chi connectivity index (χ1n) is 8.36. The van der Waals surface area contributed by atoms with E-state index in [1.807, 2.05) is 43.0 Å². The monoisotopic (exact) mass is 304 g/mol. The molecule has 2 atom stereocenters. The average molecular weight is 304 g/mol. The summed E-state index contributed by atoms with van der Waals surface area (Å²) in [5.74, 6) is 1.56. The third kappa shape index (κ3) is 4.47. The number of likely N-dealkylation sites (tertiary alicyclic amines) is 1. The van der Waals surface area contributed by atoms with Crippen LogP contribution in [0.1, 0.15) is 38.7 Å². The number of carbonyl (C=O) groups excluding carboxylic acids is 1. The van der Waals surface area contributed by atoms with Gasteiger partial charge in [-0.1, -0.05) is 18.2 Å². The molecule has 1 aliphatic rings. The summed E-state index contributed by atoms with van der Waals surface area (Å²) in [5.41, 5.74) is 7.10. The van der Waals surface area contributed by atoms with Crippen LogP contribution in [-0.4, -0.2) is 36.5 Å². The van der Waals surface area contributed by atoms with Gasteiger partial charge in [0.2, 0.25) is 5.91 Å². The lowest BCUT2D eigenvalue weighted by atomic mass is 9.92. The zero-order chi connectivity index (χ0) is 15.9. The summed E-state index contributed by atoms with van der Waals surface area (Å²) in [6, 6.07) is 8.13. The molecule has 1 heterocycles. The number of hydrogen-bond acceptors (Lipinski definition) is 3. The minimum Gasteiger partial charge on any atom is -0.494 e. The van der Waals surface area contributed by atoms with Crippen LogP contribution in [0.3, 0.4) is 0 Å². The molecule has 0 saturated carbocycles. The summed E-state index contributed by atoms with van der Waals surface area (Å²) >= 11 is 0. The van der Waals surface area contributed by atoms with Gasteiger partial charge < -0.3 is 15.4 Å². The quantitative estimate of drug-likeness (QED) is 0.879. The standard InChI is InChI=1S/C18H28N2O2/c1-3-22-17-9-5-4-7-15(17)10-11-18(21)20-12-6-8-16(13-20)14(2)19/h4-5,7,9,14,16H,3,6,8,10-13,19H2,1-2H3/t14-,16+/m0/s1. The largest absolute Gasteiger partial charge is 0.494 e. The van der Waals surface area contributed by atoms with Crippen LogP contribution in [0.5, 0.6) is 5.75 Å². The van der Waals surface area contributed by atoms with Gasteiger partial charge in [-0.05, 0) is 50.7 Å². The van der Waals surface area contributed by atoms with Crippen molar-refractivity contribution in [2.75, 3.05) is 19.7 Å². The van der Waals surface area contributed by atoms with Gasteiger partial charge in [0.25, 0.3) is 0 Å². The number of carbonyl (C=O) groups is 1. The molecule has 122 valence electrons. The van der Waals surface area contributed by atoms with E-state index in [9.17, 15) is 4.79 Å². The molecule has 2 N–H and O–H groups in total. The van der Waals surface area contributed by atoms with E-state index in [-0.39, 0.29) is 11.9 Å². The first-order valence-corrected chi connectivity index (χ1v) is 8.36. The van der Waals surface area contributed by atoms with E-state index in [0.29, 0.717) is 18.9 Å². The van der Waals surface area contributed by atoms with Crippen LogP contribution >= 0.6 is 0 Å². The molecule has 1 fully saturated rings. The van der Waals surface area contributed by atoms with Gasteiger partial charge in [-0.3, -0.25) is 4.79 Å². The van der Waals surface area contributed by atoms with Gasteiger partial charge in [-0.25, -0.2) is 0 Å². The molecule has 4 nitrogen and oxygen atoms in total. The zero-order valence-corrected chi connectivity index (χ0v) is 13.8. The number of aryl methyl sites for hydroxylation is 1. The summed E-state index contributed by atoms with van der Waals surface area (Å²) in [5, 5.41) is 0. The predicted octanol–water partition coefficient (Wildman–Crippen LogP) is 2.60. The summed E-state index contributed by atoms with van der Waals surface area (Å²) < 4.78 is 5.62. The Morgan fingerprint density at radius 1 is 1.45 bits per heavy atom. The Bertz CT molecular complexity index is 488. The SMILES string of the molecule is CCOc1ccccc1CCC(=O)N1CCC[C@@H]([C@H](C)N)C1. The van der Waals surface area contributed by atoms with Crippen molar-refractivity contribution in [3.05, 3.63) is 29.8 Å². The van der Waals surface area contributed by atoms with Crippen molar-refractivity contribution in [3.8, 4) is 5.75 Å². The van der Waals surface area contributed by atoms with Crippen LogP contribution in [0, 0.1) is 5.92 Å². The van der Waals surface area contributed by atoms with Gasteiger partial charge in [0.15, 0.2) is 0 Å². The number of piperidine rings is 1. The highest BCUT2D eigenvalue weighted by molar-refractivity contribution is 5.76. The molecule has 0 radical (unpaired) electrons. The minimum absolute atomic E-state index is 0.161. The second-order valence-corrected chi connectivity index (χ2v) is 6.14. The van der Waals surface area contributed by atoms with Crippen LogP contribution < -0.4 is 10.5 Å². The Kier molecular flexibility index (Phi) is 6.25. The Morgan fingerprint density at radius 2 is 2.23 bits per heavy atom. The van der Waals surface area contributed by atoms with Crippen molar-refractivity contribution in [2.45, 2.75) is 45.6 Å². The van der Waals surface area contributed by atoms with E-state index in [4.69, 9.17) is 10.5 Å². The topological polar surface area (TPSA) is 55.6 Å². The Hall–Kier alpha value is -1.55. The maximum absolute atomic E-state index is 12.5. The number of nitrogens with zero attached hydrogens (tertiary/aromatic N) is 1. The predicted molar refractivity (Wildman–Crippen MR) is 88.9 cm³/mol. The Morgan fingerprint density at radius 3 is 2.95 bits per heavy atom. The lowest BCUT2D eigenvalue weighted by Crippen LogP contribution is -2.45. The molecule has 0 bridgehead atoms. The van der Waals surface area contributed by atoms with Gasteiger partial charge >= 0.3 is 0 Å². The second-order valence-electron chi connectivity index (χ2n) is 6.14. The van der Waals surface area contributed by atoms with Crippen LogP contribution in [0.25, 0.3) is 0 Å². The van der Waals surface area contributed by atoms with Gasteiger partial charge in [-0.15, -0.1) is 0 Å². The lowest BCUT2D eigenvalue weighted by Gasteiger charge is -2.34. The minimum atomic E-state index is 0.161. The summed E-state index contributed by atoms with van der Waals surface area (Å²) in [4.78, 5) is 14.4. The normalized spacial score (nSPS) is 19.8. The maximum atomic E-state index is 12.5. The fraction of sp³-hybridized carbons (Fsp3) is 0.611. The second kappa shape index (κ2) is 8.18. The molecule has 1 aromatic rings. The molecule has 1 aliphatic heterocycles. The molecule has 22 heavy (non-hydrogen) atoms. The number of ether oxygens (including phenoxy) is 1. The highest BCUT2D eigenvalue weighted by atomic mass is 16.5. The maximum Gasteiger partial charge on any atom is 0.222 e. The van der Waals surface area contributed by atoms with E-state index >= 15 is 0 Å². The van der Waals surface area contributed by atoms with Crippen molar-refractivity contribution in [2.24, 2.45) is 11.7 Å². The van der Waals surface area contributed by atoms with Gasteiger partial charge in [0.1, 0.15) is 5.75 Å². The van der Waals surface area contributed by atoms with Gasteiger partial charge in [-0.2, -0.15) is 0 Å². The molecule has 2 rings (SSSR count). The fourth-order valence-corrected chi connectivity index (χ4v) is 3.07. The molecule has 1 amide bonds. The number of benzene rings is 1. The third-order valence-corrected chi connectivity index (χ3v) is 4.43. The number of para-hydroxylation sites is 1. The molecular weight excluding hydrogens is 276 g/mol. The number of hydrogen-bond donors (Lipinski definition) is 1. The van der Waals surface area contributed by atoms with E-state index in [1.54, 1.807) is 0 Å². The molecule has 0 aliphatic carbocycles.